The van der Waals surface area contributed by atoms with Crippen LogP contribution >= 0.6 is 11.8 Å². The van der Waals surface area contributed by atoms with Crippen LogP contribution in [0.5, 0.6) is 0 Å². The fraction of sp³-hybridized carbons (Fsp3) is 0.571. The van der Waals surface area contributed by atoms with Gasteiger partial charge in [0, 0.05) is 30.7 Å². The zero-order valence-corrected chi connectivity index (χ0v) is 19.2. The second kappa shape index (κ2) is 8.22. The zero-order valence-electron chi connectivity index (χ0n) is 17.5. The van der Waals surface area contributed by atoms with Gasteiger partial charge in [-0.1, -0.05) is 11.8 Å². The normalized spacial score (nSPS) is 20.7. The molecule has 2 aliphatic carbocycles. The molecule has 166 valence electrons. The lowest BCUT2D eigenvalue weighted by atomic mass is 10.3. The summed E-state index contributed by atoms with van der Waals surface area (Å²) in [4.78, 5) is 13.0. The number of nitrogens with zero attached hydrogens (tertiary/aromatic N) is 4. The van der Waals surface area contributed by atoms with Crippen molar-refractivity contribution in [3.8, 4) is 0 Å². The van der Waals surface area contributed by atoms with Crippen LogP contribution < -0.4 is 5.32 Å². The summed E-state index contributed by atoms with van der Waals surface area (Å²) in [6, 6.07) is 6.90. The maximum absolute atomic E-state index is 12.7. The van der Waals surface area contributed by atoms with Crippen molar-refractivity contribution < 1.29 is 13.2 Å². The van der Waals surface area contributed by atoms with Crippen LogP contribution in [-0.2, 0) is 14.8 Å². The van der Waals surface area contributed by atoms with Crippen molar-refractivity contribution in [1.29, 1.82) is 0 Å². The Morgan fingerprint density at radius 3 is 2.39 bits per heavy atom. The van der Waals surface area contributed by atoms with Gasteiger partial charge in [0.25, 0.3) is 0 Å². The van der Waals surface area contributed by atoms with Gasteiger partial charge in [0.2, 0.25) is 15.9 Å². The lowest BCUT2D eigenvalue weighted by Gasteiger charge is -2.16. The first-order chi connectivity index (χ1) is 14.9. The summed E-state index contributed by atoms with van der Waals surface area (Å²) < 4.78 is 29.1. The highest BCUT2D eigenvalue weighted by Crippen LogP contribution is 2.46. The van der Waals surface area contributed by atoms with Gasteiger partial charge in [0.05, 0.1) is 10.1 Å². The summed E-state index contributed by atoms with van der Waals surface area (Å²) in [5.41, 5.74) is 0.583. The molecular formula is C21H27N5O3S2. The van der Waals surface area contributed by atoms with Gasteiger partial charge in [-0.15, -0.1) is 10.2 Å². The largest absolute Gasteiger partial charge is 0.325 e. The maximum Gasteiger partial charge on any atom is 0.243 e. The van der Waals surface area contributed by atoms with Crippen molar-refractivity contribution in [2.75, 3.05) is 18.4 Å². The molecule has 1 saturated heterocycles. The van der Waals surface area contributed by atoms with Crippen molar-refractivity contribution in [3.63, 3.8) is 0 Å². The summed E-state index contributed by atoms with van der Waals surface area (Å²) in [5.74, 6) is 1.47. The monoisotopic (exact) mass is 461 g/mol. The average molecular weight is 462 g/mol. The van der Waals surface area contributed by atoms with Gasteiger partial charge in [-0.3, -0.25) is 4.79 Å². The number of nitrogens with one attached hydrogen (secondary N) is 1. The molecule has 1 atom stereocenters. The van der Waals surface area contributed by atoms with E-state index < -0.39 is 10.0 Å². The molecule has 2 heterocycles. The number of thioether (sulfide) groups is 1. The summed E-state index contributed by atoms with van der Waals surface area (Å²) >= 11 is 1.43. The van der Waals surface area contributed by atoms with E-state index in [1.54, 1.807) is 24.3 Å². The number of carbonyl (C=O) groups excluding carboxylic acids is 1. The van der Waals surface area contributed by atoms with E-state index in [1.807, 2.05) is 6.92 Å². The van der Waals surface area contributed by atoms with Crippen LogP contribution in [0.2, 0.25) is 0 Å². The van der Waals surface area contributed by atoms with Crippen LogP contribution in [-0.4, -0.2) is 51.7 Å². The lowest BCUT2D eigenvalue weighted by molar-refractivity contribution is -0.115. The minimum absolute atomic E-state index is 0.140. The fourth-order valence-corrected chi connectivity index (χ4v) is 6.35. The van der Waals surface area contributed by atoms with E-state index in [4.69, 9.17) is 0 Å². The average Bonchev–Trinajstić information content (AvgIpc) is 3.68. The van der Waals surface area contributed by atoms with E-state index in [9.17, 15) is 13.2 Å². The van der Waals surface area contributed by atoms with E-state index in [0.29, 0.717) is 30.7 Å². The van der Waals surface area contributed by atoms with Crippen molar-refractivity contribution in [3.05, 3.63) is 30.1 Å². The molecule has 3 fully saturated rings. The summed E-state index contributed by atoms with van der Waals surface area (Å²) in [6.45, 7) is 3.00. The van der Waals surface area contributed by atoms with Crippen LogP contribution in [0.3, 0.4) is 0 Å². The van der Waals surface area contributed by atoms with Crippen LogP contribution in [0.15, 0.2) is 34.3 Å². The minimum atomic E-state index is -3.45. The second-order valence-electron chi connectivity index (χ2n) is 8.60. The molecule has 1 aromatic carbocycles. The number of hydrogen-bond donors (Lipinski definition) is 1. The molecule has 1 amide bonds. The fourth-order valence-electron chi connectivity index (χ4n) is 3.91. The van der Waals surface area contributed by atoms with Crippen molar-refractivity contribution >= 4 is 33.4 Å². The Balaban J connectivity index is 1.23. The van der Waals surface area contributed by atoms with Gasteiger partial charge < -0.3 is 9.88 Å². The molecule has 3 aliphatic rings. The van der Waals surface area contributed by atoms with Gasteiger partial charge in [0.1, 0.15) is 5.82 Å². The minimum Gasteiger partial charge on any atom is -0.325 e. The Hall–Kier alpha value is -1.91. The van der Waals surface area contributed by atoms with Crippen LogP contribution in [0, 0.1) is 0 Å². The SMILES string of the molecule is C[C@@H](Sc1nnc(C2CC2)n1C1CC1)C(=O)Nc1ccc(S(=O)(=O)N2CCCC2)cc1. The molecule has 1 aromatic heterocycles. The highest BCUT2D eigenvalue weighted by atomic mass is 32.2. The molecule has 2 aromatic rings. The smallest absolute Gasteiger partial charge is 0.243 e. The first-order valence-electron chi connectivity index (χ1n) is 11.0. The third kappa shape index (κ3) is 4.38. The molecule has 0 spiro atoms. The number of benzene rings is 1. The standard InChI is InChI=1S/C21H27N5O3S2/c1-14(30-21-24-23-19(15-4-5-15)26(21)17-8-9-17)20(27)22-16-6-10-18(11-7-16)31(28,29)25-12-2-3-13-25/h6-7,10-11,14-15,17H,2-5,8-9,12-13H2,1H3,(H,22,27)/t14-/m1/s1. The first kappa shape index (κ1) is 21.0. The third-order valence-electron chi connectivity index (χ3n) is 6.02. The number of amides is 1. The number of hydrogen-bond acceptors (Lipinski definition) is 6. The van der Waals surface area contributed by atoms with Crippen molar-refractivity contribution in [1.82, 2.24) is 19.1 Å². The molecule has 31 heavy (non-hydrogen) atoms. The highest BCUT2D eigenvalue weighted by Gasteiger charge is 2.37. The Morgan fingerprint density at radius 2 is 1.77 bits per heavy atom. The molecule has 0 bridgehead atoms. The molecule has 8 nitrogen and oxygen atoms in total. The number of rotatable bonds is 8. The Morgan fingerprint density at radius 1 is 1.10 bits per heavy atom. The van der Waals surface area contributed by atoms with E-state index in [0.717, 1.165) is 36.7 Å². The van der Waals surface area contributed by atoms with Crippen LogP contribution in [0.25, 0.3) is 0 Å². The quantitative estimate of drug-likeness (QED) is 0.605. The summed E-state index contributed by atoms with van der Waals surface area (Å²) in [7, 11) is -3.45. The number of anilines is 1. The molecule has 1 aliphatic heterocycles. The molecule has 0 radical (unpaired) electrons. The molecular weight excluding hydrogens is 434 g/mol. The molecule has 5 rings (SSSR count). The zero-order chi connectivity index (χ0) is 21.6. The van der Waals surface area contributed by atoms with Gasteiger partial charge in [-0.25, -0.2) is 8.42 Å². The molecule has 1 N–H and O–H groups in total. The maximum atomic E-state index is 12.7. The van der Waals surface area contributed by atoms with E-state index in [2.05, 4.69) is 20.1 Å². The van der Waals surface area contributed by atoms with Gasteiger partial charge >= 0.3 is 0 Å². The molecule has 2 saturated carbocycles. The predicted molar refractivity (Wildman–Crippen MR) is 119 cm³/mol. The number of aromatic nitrogens is 3. The lowest BCUT2D eigenvalue weighted by Crippen LogP contribution is -2.27. The van der Waals surface area contributed by atoms with Crippen molar-refractivity contribution in [2.45, 2.75) is 72.7 Å². The van der Waals surface area contributed by atoms with E-state index in [-0.39, 0.29) is 16.1 Å². The number of sulfonamides is 1. The first-order valence-corrected chi connectivity index (χ1v) is 13.3. The van der Waals surface area contributed by atoms with Crippen molar-refractivity contribution in [2.24, 2.45) is 0 Å². The Labute approximate surface area is 186 Å². The van der Waals surface area contributed by atoms with Gasteiger partial charge in [0.15, 0.2) is 5.16 Å². The van der Waals surface area contributed by atoms with E-state index >= 15 is 0 Å². The molecule has 0 unspecified atom stereocenters. The Kier molecular flexibility index (Phi) is 5.56. The van der Waals surface area contributed by atoms with Crippen LogP contribution in [0.4, 0.5) is 5.69 Å². The topological polar surface area (TPSA) is 97.2 Å². The van der Waals surface area contributed by atoms with Crippen LogP contribution in [0.1, 0.15) is 63.2 Å². The third-order valence-corrected chi connectivity index (χ3v) is 8.99. The van der Waals surface area contributed by atoms with Gasteiger partial charge in [-0.05, 0) is 69.7 Å². The number of carbonyl (C=O) groups is 1. The van der Waals surface area contributed by atoms with Gasteiger partial charge in [-0.2, -0.15) is 4.31 Å². The second-order valence-corrected chi connectivity index (χ2v) is 11.8. The molecule has 10 heteroatoms. The predicted octanol–water partition coefficient (Wildman–Crippen LogP) is 3.39. The summed E-state index contributed by atoms with van der Waals surface area (Å²) in [5, 5.41) is 12.1. The van der Waals surface area contributed by atoms with E-state index in [1.165, 1.54) is 28.9 Å². The summed E-state index contributed by atoms with van der Waals surface area (Å²) in [6.07, 6.45) is 6.46. The highest BCUT2D eigenvalue weighted by molar-refractivity contribution is 8.00. The Bertz CT molecular complexity index is 1070.